The van der Waals surface area contributed by atoms with Crippen molar-refractivity contribution in [3.05, 3.63) is 0 Å². The van der Waals surface area contributed by atoms with Gasteiger partial charge in [-0.3, -0.25) is 0 Å². The molecule has 0 aromatic heterocycles. The van der Waals surface area contributed by atoms with Gasteiger partial charge in [-0.2, -0.15) is 0 Å². The van der Waals surface area contributed by atoms with E-state index in [9.17, 15) is 5.11 Å². The van der Waals surface area contributed by atoms with E-state index < -0.39 is 0 Å². The van der Waals surface area contributed by atoms with Crippen LogP contribution in [0.3, 0.4) is 0 Å². The van der Waals surface area contributed by atoms with Gasteiger partial charge in [0.15, 0.2) is 0 Å². The second kappa shape index (κ2) is 29.0. The smallest absolute Gasteiger partial charge is 0.0540 e. The Labute approximate surface area is 203 Å². The molecule has 0 saturated carbocycles. The first-order valence-corrected chi connectivity index (χ1v) is 15.1. The zero-order valence-corrected chi connectivity index (χ0v) is 22.3. The Kier molecular flexibility index (Phi) is 28.9. The fraction of sp³-hybridized carbons (Fsp3) is 1.00. The monoisotopic (exact) mass is 454 g/mol. The molecule has 0 radical (unpaired) electrons. The van der Waals surface area contributed by atoms with E-state index in [1.54, 1.807) is 0 Å². The molecule has 1 atom stereocenters. The van der Waals surface area contributed by atoms with Gasteiger partial charge in [0.05, 0.1) is 6.10 Å². The summed E-state index contributed by atoms with van der Waals surface area (Å²) in [6.45, 7) is 2.55. The minimum Gasteiger partial charge on any atom is -0.396 e. The Bertz CT molecular complexity index is 318. The highest BCUT2D eigenvalue weighted by Crippen LogP contribution is 2.16. The number of unbranched alkanes of at least 4 members (excludes halogenated alkanes) is 23. The lowest BCUT2D eigenvalue weighted by Gasteiger charge is -2.09. The van der Waals surface area contributed by atoms with E-state index in [2.05, 4.69) is 6.92 Å². The van der Waals surface area contributed by atoms with Crippen molar-refractivity contribution >= 4 is 0 Å². The van der Waals surface area contributed by atoms with Crippen LogP contribution in [0.5, 0.6) is 0 Å². The van der Waals surface area contributed by atoms with Crippen LogP contribution in [0.4, 0.5) is 0 Å². The van der Waals surface area contributed by atoms with E-state index >= 15 is 0 Å². The molecule has 0 aromatic rings. The molecule has 1 unspecified atom stereocenters. The number of hydrogen-bond donors (Lipinski definition) is 2. The molecule has 0 aliphatic heterocycles. The first kappa shape index (κ1) is 31.9. The summed E-state index contributed by atoms with van der Waals surface area (Å²) in [6.07, 6.45) is 36.2. The molecule has 0 rings (SSSR count). The molecule has 0 spiro atoms. The highest BCUT2D eigenvalue weighted by Gasteiger charge is 2.03. The highest BCUT2D eigenvalue weighted by molar-refractivity contribution is 4.57. The van der Waals surface area contributed by atoms with Crippen molar-refractivity contribution in [1.29, 1.82) is 0 Å². The summed E-state index contributed by atoms with van der Waals surface area (Å²) in [6, 6.07) is 0. The first-order chi connectivity index (χ1) is 15.8. The van der Waals surface area contributed by atoms with Crippen molar-refractivity contribution in [1.82, 2.24) is 0 Å². The lowest BCUT2D eigenvalue weighted by Crippen LogP contribution is -2.06. The maximum absolute atomic E-state index is 9.87. The van der Waals surface area contributed by atoms with Gasteiger partial charge in [0, 0.05) is 6.61 Å². The molecular formula is C30H62O2. The SMILES string of the molecule is CCCCCCCCCCCCCCCCCCCCCCCCCC(O)CCCCO. The van der Waals surface area contributed by atoms with Crippen LogP contribution < -0.4 is 0 Å². The lowest BCUT2D eigenvalue weighted by molar-refractivity contribution is 0.144. The van der Waals surface area contributed by atoms with Crippen LogP contribution in [0.15, 0.2) is 0 Å². The molecule has 194 valence electrons. The quantitative estimate of drug-likeness (QED) is 0.115. The number of hydrogen-bond acceptors (Lipinski definition) is 2. The fourth-order valence-corrected chi connectivity index (χ4v) is 4.80. The topological polar surface area (TPSA) is 40.5 Å². The summed E-state index contributed by atoms with van der Waals surface area (Å²) < 4.78 is 0. The number of aliphatic hydroxyl groups excluding tert-OH is 2. The molecule has 0 heterocycles. The van der Waals surface area contributed by atoms with Crippen LogP contribution in [-0.2, 0) is 0 Å². The van der Waals surface area contributed by atoms with E-state index in [-0.39, 0.29) is 12.7 Å². The Hall–Kier alpha value is -0.0800. The predicted molar refractivity (Wildman–Crippen MR) is 143 cm³/mol. The summed E-state index contributed by atoms with van der Waals surface area (Å²) in [5, 5.41) is 18.6. The molecular weight excluding hydrogens is 392 g/mol. The van der Waals surface area contributed by atoms with E-state index in [4.69, 9.17) is 5.11 Å². The van der Waals surface area contributed by atoms with Gasteiger partial charge in [0.2, 0.25) is 0 Å². The Morgan fingerprint density at radius 1 is 0.375 bits per heavy atom. The second-order valence-electron chi connectivity index (χ2n) is 10.4. The Balaban J connectivity index is 3.05. The Morgan fingerprint density at radius 2 is 0.625 bits per heavy atom. The van der Waals surface area contributed by atoms with Crippen molar-refractivity contribution in [2.75, 3.05) is 6.61 Å². The molecule has 0 aromatic carbocycles. The largest absolute Gasteiger partial charge is 0.396 e. The molecule has 0 fully saturated rings. The number of rotatable bonds is 28. The molecule has 0 saturated heterocycles. The van der Waals surface area contributed by atoms with Gasteiger partial charge in [-0.15, -0.1) is 0 Å². The van der Waals surface area contributed by atoms with Crippen LogP contribution in [0.2, 0.25) is 0 Å². The summed E-state index contributed by atoms with van der Waals surface area (Å²) in [4.78, 5) is 0. The van der Waals surface area contributed by atoms with Crippen LogP contribution >= 0.6 is 0 Å². The van der Waals surface area contributed by atoms with Gasteiger partial charge in [0.25, 0.3) is 0 Å². The molecule has 0 bridgehead atoms. The standard InChI is InChI=1S/C30H62O2/c1-2-3-4-5-6-7-8-9-10-11-12-13-14-15-16-17-18-19-20-21-22-23-24-27-30(32)28-25-26-29-31/h30-32H,2-29H2,1H3. The van der Waals surface area contributed by atoms with Gasteiger partial charge < -0.3 is 10.2 Å². The number of aliphatic hydroxyl groups is 2. The van der Waals surface area contributed by atoms with E-state index in [1.165, 1.54) is 148 Å². The molecule has 32 heavy (non-hydrogen) atoms. The highest BCUT2D eigenvalue weighted by atomic mass is 16.3. The maximum atomic E-state index is 9.87. The second-order valence-corrected chi connectivity index (χ2v) is 10.4. The van der Waals surface area contributed by atoms with E-state index in [0.29, 0.717) is 0 Å². The van der Waals surface area contributed by atoms with Gasteiger partial charge in [-0.25, -0.2) is 0 Å². The van der Waals surface area contributed by atoms with Crippen molar-refractivity contribution in [3.8, 4) is 0 Å². The van der Waals surface area contributed by atoms with Gasteiger partial charge in [-0.05, 0) is 25.7 Å². The first-order valence-electron chi connectivity index (χ1n) is 15.1. The molecule has 2 nitrogen and oxygen atoms in total. The molecule has 0 aliphatic carbocycles. The average molecular weight is 455 g/mol. The Morgan fingerprint density at radius 3 is 0.906 bits per heavy atom. The maximum Gasteiger partial charge on any atom is 0.0540 e. The third-order valence-electron chi connectivity index (χ3n) is 7.09. The van der Waals surface area contributed by atoms with Crippen LogP contribution in [0.25, 0.3) is 0 Å². The van der Waals surface area contributed by atoms with Gasteiger partial charge in [0.1, 0.15) is 0 Å². The molecule has 0 amide bonds. The van der Waals surface area contributed by atoms with Crippen molar-refractivity contribution < 1.29 is 10.2 Å². The zero-order valence-electron chi connectivity index (χ0n) is 22.3. The van der Waals surface area contributed by atoms with E-state index in [1.807, 2.05) is 0 Å². The molecule has 0 aliphatic rings. The van der Waals surface area contributed by atoms with E-state index in [0.717, 1.165) is 25.7 Å². The summed E-state index contributed by atoms with van der Waals surface area (Å²) in [5.74, 6) is 0. The van der Waals surface area contributed by atoms with Crippen molar-refractivity contribution in [2.24, 2.45) is 0 Å². The van der Waals surface area contributed by atoms with Crippen molar-refractivity contribution in [3.63, 3.8) is 0 Å². The summed E-state index contributed by atoms with van der Waals surface area (Å²) >= 11 is 0. The average Bonchev–Trinajstić information content (AvgIpc) is 2.79. The minimum absolute atomic E-state index is 0.142. The third-order valence-corrected chi connectivity index (χ3v) is 7.09. The van der Waals surface area contributed by atoms with Crippen molar-refractivity contribution in [2.45, 2.75) is 186 Å². The van der Waals surface area contributed by atoms with Gasteiger partial charge in [-0.1, -0.05) is 155 Å². The third kappa shape index (κ3) is 28.0. The molecule has 2 N–H and O–H groups in total. The van der Waals surface area contributed by atoms with Crippen LogP contribution in [0.1, 0.15) is 180 Å². The summed E-state index contributed by atoms with van der Waals surface area (Å²) in [5.41, 5.74) is 0. The molecule has 2 heteroatoms. The van der Waals surface area contributed by atoms with Crippen LogP contribution in [-0.4, -0.2) is 22.9 Å². The minimum atomic E-state index is -0.142. The predicted octanol–water partition coefficient (Wildman–Crippen LogP) is 9.89. The normalized spacial score (nSPS) is 12.5. The van der Waals surface area contributed by atoms with Crippen LogP contribution in [0, 0.1) is 0 Å². The fourth-order valence-electron chi connectivity index (χ4n) is 4.80. The summed E-state index contributed by atoms with van der Waals surface area (Å²) in [7, 11) is 0. The van der Waals surface area contributed by atoms with Gasteiger partial charge >= 0.3 is 0 Å². The lowest BCUT2D eigenvalue weighted by atomic mass is 10.0. The zero-order chi connectivity index (χ0) is 23.4.